The summed E-state index contributed by atoms with van der Waals surface area (Å²) in [6.07, 6.45) is 8.27. The highest BCUT2D eigenvalue weighted by Crippen LogP contribution is 2.19. The predicted molar refractivity (Wildman–Crippen MR) is 108 cm³/mol. The van der Waals surface area contributed by atoms with Crippen molar-refractivity contribution in [2.75, 3.05) is 46.3 Å². The van der Waals surface area contributed by atoms with E-state index in [1.165, 1.54) is 45.3 Å². The first-order valence-electron chi connectivity index (χ1n) is 10.3. The van der Waals surface area contributed by atoms with Crippen LogP contribution >= 0.6 is 0 Å². The number of nitrogens with zero attached hydrogens (tertiary/aromatic N) is 6. The van der Waals surface area contributed by atoms with Gasteiger partial charge in [-0.05, 0) is 50.4 Å². The van der Waals surface area contributed by atoms with Crippen LogP contribution in [0.1, 0.15) is 31.5 Å². The second-order valence-corrected chi connectivity index (χ2v) is 7.73. The van der Waals surface area contributed by atoms with E-state index in [1.807, 2.05) is 31.4 Å². The maximum atomic E-state index is 4.51. The van der Waals surface area contributed by atoms with Gasteiger partial charge in [0.15, 0.2) is 11.6 Å². The molecule has 1 unspecified atom stereocenters. The van der Waals surface area contributed by atoms with E-state index in [0.29, 0.717) is 0 Å². The molecule has 0 radical (unpaired) electrons. The largest absolute Gasteiger partial charge is 0.356 e. The first-order chi connectivity index (χ1) is 13.3. The molecule has 7 nitrogen and oxygen atoms in total. The van der Waals surface area contributed by atoms with E-state index in [0.717, 1.165) is 49.4 Å². The third-order valence-electron chi connectivity index (χ3n) is 5.78. The standard InChI is InChI=1S/C20H31N7/c1-21-20(22-10-8-19-24-23-18-7-3-6-13-27(18)19)26-14-9-17(16-26)15-25-11-4-2-5-12-25/h3,6-7,13,17H,2,4-5,8-12,14-16H2,1H3,(H,21,22). The van der Waals surface area contributed by atoms with Crippen LogP contribution in [-0.2, 0) is 6.42 Å². The summed E-state index contributed by atoms with van der Waals surface area (Å²) in [5, 5.41) is 12.0. The van der Waals surface area contributed by atoms with Gasteiger partial charge in [-0.15, -0.1) is 10.2 Å². The summed E-state index contributed by atoms with van der Waals surface area (Å²) in [6, 6.07) is 5.98. The Kier molecular flexibility index (Phi) is 5.87. The monoisotopic (exact) mass is 369 g/mol. The van der Waals surface area contributed by atoms with Gasteiger partial charge in [0.2, 0.25) is 0 Å². The van der Waals surface area contributed by atoms with Crippen molar-refractivity contribution < 1.29 is 0 Å². The lowest BCUT2D eigenvalue weighted by atomic mass is 10.1. The molecule has 1 atom stereocenters. The summed E-state index contributed by atoms with van der Waals surface area (Å²) in [5.41, 5.74) is 0.900. The second-order valence-electron chi connectivity index (χ2n) is 7.73. The number of guanidine groups is 1. The van der Waals surface area contributed by atoms with Crippen LogP contribution in [-0.4, -0.2) is 76.7 Å². The molecule has 27 heavy (non-hydrogen) atoms. The third kappa shape index (κ3) is 4.40. The van der Waals surface area contributed by atoms with E-state index in [4.69, 9.17) is 0 Å². The molecule has 4 rings (SSSR count). The molecule has 2 aliphatic rings. The fraction of sp³-hybridized carbons (Fsp3) is 0.650. The summed E-state index contributed by atoms with van der Waals surface area (Å²) < 4.78 is 2.05. The Morgan fingerprint density at radius 1 is 1.19 bits per heavy atom. The minimum Gasteiger partial charge on any atom is -0.356 e. The molecule has 0 saturated carbocycles. The van der Waals surface area contributed by atoms with Gasteiger partial charge in [-0.1, -0.05) is 12.5 Å². The molecule has 4 heterocycles. The Labute approximate surface area is 161 Å². The number of fused-ring (bicyclic) bond motifs is 1. The maximum absolute atomic E-state index is 4.51. The van der Waals surface area contributed by atoms with Crippen molar-refractivity contribution in [1.82, 2.24) is 29.7 Å². The molecule has 2 aromatic heterocycles. The molecule has 2 saturated heterocycles. The smallest absolute Gasteiger partial charge is 0.193 e. The first-order valence-corrected chi connectivity index (χ1v) is 10.3. The number of hydrogen-bond donors (Lipinski definition) is 1. The van der Waals surface area contributed by atoms with E-state index in [-0.39, 0.29) is 0 Å². The molecular formula is C20H31N7. The number of piperidine rings is 1. The van der Waals surface area contributed by atoms with Crippen molar-refractivity contribution in [3.8, 4) is 0 Å². The van der Waals surface area contributed by atoms with E-state index < -0.39 is 0 Å². The van der Waals surface area contributed by atoms with Crippen LogP contribution in [0.5, 0.6) is 0 Å². The second kappa shape index (κ2) is 8.69. The molecule has 0 bridgehead atoms. The Balaban J connectivity index is 1.25. The maximum Gasteiger partial charge on any atom is 0.193 e. The van der Waals surface area contributed by atoms with Gasteiger partial charge in [-0.3, -0.25) is 9.39 Å². The van der Waals surface area contributed by atoms with Crippen molar-refractivity contribution in [2.24, 2.45) is 10.9 Å². The summed E-state index contributed by atoms with van der Waals surface area (Å²) >= 11 is 0. The van der Waals surface area contributed by atoms with Crippen molar-refractivity contribution in [3.05, 3.63) is 30.2 Å². The molecule has 2 aromatic rings. The Bertz CT molecular complexity index is 763. The lowest BCUT2D eigenvalue weighted by Crippen LogP contribution is -2.42. The third-order valence-corrected chi connectivity index (χ3v) is 5.78. The first kappa shape index (κ1) is 18.2. The molecule has 0 aliphatic carbocycles. The van der Waals surface area contributed by atoms with Gasteiger partial charge in [-0.2, -0.15) is 0 Å². The van der Waals surface area contributed by atoms with Gasteiger partial charge in [0, 0.05) is 45.8 Å². The summed E-state index contributed by atoms with van der Waals surface area (Å²) in [7, 11) is 1.88. The number of hydrogen-bond acceptors (Lipinski definition) is 4. The van der Waals surface area contributed by atoms with Crippen LogP contribution in [0.25, 0.3) is 5.65 Å². The quantitative estimate of drug-likeness (QED) is 0.642. The minimum atomic E-state index is 0.766. The molecule has 0 spiro atoms. The Morgan fingerprint density at radius 2 is 2.07 bits per heavy atom. The zero-order valence-electron chi connectivity index (χ0n) is 16.3. The van der Waals surface area contributed by atoms with Crippen LogP contribution in [0.3, 0.4) is 0 Å². The topological polar surface area (TPSA) is 61.1 Å². The van der Waals surface area contributed by atoms with Gasteiger partial charge in [0.25, 0.3) is 0 Å². The van der Waals surface area contributed by atoms with Crippen LogP contribution in [0.4, 0.5) is 0 Å². The fourth-order valence-electron chi connectivity index (χ4n) is 4.36. The highest BCUT2D eigenvalue weighted by atomic mass is 15.3. The lowest BCUT2D eigenvalue weighted by Gasteiger charge is -2.29. The molecule has 2 fully saturated rings. The van der Waals surface area contributed by atoms with Crippen molar-refractivity contribution >= 4 is 11.6 Å². The highest BCUT2D eigenvalue weighted by Gasteiger charge is 2.26. The predicted octanol–water partition coefficient (Wildman–Crippen LogP) is 1.65. The van der Waals surface area contributed by atoms with Gasteiger partial charge < -0.3 is 15.1 Å². The van der Waals surface area contributed by atoms with E-state index >= 15 is 0 Å². The molecule has 2 aliphatic heterocycles. The normalized spacial score (nSPS) is 21.9. The van der Waals surface area contributed by atoms with Gasteiger partial charge in [0.05, 0.1) is 0 Å². The minimum absolute atomic E-state index is 0.766. The Morgan fingerprint density at radius 3 is 2.93 bits per heavy atom. The highest BCUT2D eigenvalue weighted by molar-refractivity contribution is 5.80. The van der Waals surface area contributed by atoms with Gasteiger partial charge in [0.1, 0.15) is 5.82 Å². The van der Waals surface area contributed by atoms with E-state index in [1.54, 1.807) is 0 Å². The van der Waals surface area contributed by atoms with Crippen molar-refractivity contribution in [2.45, 2.75) is 32.1 Å². The number of rotatable bonds is 5. The van der Waals surface area contributed by atoms with Crippen LogP contribution < -0.4 is 5.32 Å². The summed E-state index contributed by atoms with van der Waals surface area (Å²) in [4.78, 5) is 9.58. The zero-order valence-corrected chi connectivity index (χ0v) is 16.3. The lowest BCUT2D eigenvalue weighted by molar-refractivity contribution is 0.198. The summed E-state index contributed by atoms with van der Waals surface area (Å²) in [5.74, 6) is 2.77. The summed E-state index contributed by atoms with van der Waals surface area (Å²) in [6.45, 7) is 6.86. The van der Waals surface area contributed by atoms with Crippen molar-refractivity contribution in [3.63, 3.8) is 0 Å². The van der Waals surface area contributed by atoms with Gasteiger partial charge in [-0.25, -0.2) is 0 Å². The number of likely N-dealkylation sites (tertiary alicyclic amines) is 2. The average Bonchev–Trinajstić information content (AvgIpc) is 3.33. The number of nitrogens with one attached hydrogen (secondary N) is 1. The van der Waals surface area contributed by atoms with E-state index in [2.05, 4.69) is 34.7 Å². The molecule has 0 aromatic carbocycles. The molecular weight excluding hydrogens is 338 g/mol. The SMILES string of the molecule is CN=C(NCCc1nnc2ccccn12)N1CCC(CN2CCCCC2)C1. The number of pyridine rings is 1. The number of aromatic nitrogens is 3. The van der Waals surface area contributed by atoms with Gasteiger partial charge >= 0.3 is 0 Å². The van der Waals surface area contributed by atoms with Crippen molar-refractivity contribution in [1.29, 1.82) is 0 Å². The molecule has 7 heteroatoms. The Hall–Kier alpha value is -2.15. The van der Waals surface area contributed by atoms with E-state index in [9.17, 15) is 0 Å². The average molecular weight is 370 g/mol. The fourth-order valence-corrected chi connectivity index (χ4v) is 4.36. The van der Waals surface area contributed by atoms with Crippen LogP contribution in [0.2, 0.25) is 0 Å². The molecule has 146 valence electrons. The van der Waals surface area contributed by atoms with Crippen LogP contribution in [0.15, 0.2) is 29.4 Å². The number of aliphatic imine (C=N–C) groups is 1. The zero-order chi connectivity index (χ0) is 18.5. The molecule has 1 N–H and O–H groups in total. The van der Waals surface area contributed by atoms with Crippen LogP contribution in [0, 0.1) is 5.92 Å². The molecule has 0 amide bonds.